The number of morpholine rings is 1. The van der Waals surface area contributed by atoms with E-state index in [2.05, 4.69) is 27.1 Å². The monoisotopic (exact) mass is 236 g/mol. The van der Waals surface area contributed by atoms with Crippen molar-refractivity contribution in [3.8, 4) is 0 Å². The Bertz CT molecular complexity index is 383. The van der Waals surface area contributed by atoms with Gasteiger partial charge in [-0.05, 0) is 20.8 Å². The van der Waals surface area contributed by atoms with Gasteiger partial charge in [0.15, 0.2) is 0 Å². The van der Waals surface area contributed by atoms with Crippen molar-refractivity contribution < 1.29 is 4.74 Å². The molecule has 94 valence electrons. The minimum Gasteiger partial charge on any atom is -0.375 e. The molecular weight excluding hydrogens is 216 g/mol. The molecule has 0 bridgehead atoms. The molecule has 1 saturated heterocycles. The molecule has 0 amide bonds. The van der Waals surface area contributed by atoms with Crippen LogP contribution in [-0.4, -0.2) is 42.3 Å². The van der Waals surface area contributed by atoms with Crippen molar-refractivity contribution in [3.63, 3.8) is 0 Å². The molecule has 1 aliphatic rings. The number of nitrogens with zero attached hydrogens (tertiary/aromatic N) is 3. The van der Waals surface area contributed by atoms with Gasteiger partial charge in [0.1, 0.15) is 5.82 Å². The van der Waals surface area contributed by atoms with E-state index >= 15 is 0 Å². The summed E-state index contributed by atoms with van der Waals surface area (Å²) in [5.41, 5.74) is 1.11. The van der Waals surface area contributed by atoms with E-state index in [9.17, 15) is 0 Å². The zero-order valence-electron chi connectivity index (χ0n) is 10.7. The van der Waals surface area contributed by atoms with E-state index < -0.39 is 0 Å². The summed E-state index contributed by atoms with van der Waals surface area (Å²) in [4.78, 5) is 11.1. The highest BCUT2D eigenvalue weighted by molar-refractivity contribution is 5.49. The second kappa shape index (κ2) is 5.31. The summed E-state index contributed by atoms with van der Waals surface area (Å²) in [5, 5.41) is 3.15. The molecule has 0 radical (unpaired) electrons. The summed E-state index contributed by atoms with van der Waals surface area (Å²) in [6, 6.07) is 0. The van der Waals surface area contributed by atoms with Gasteiger partial charge in [-0.2, -0.15) is 4.98 Å². The molecule has 0 spiro atoms. The molecule has 2 rings (SSSR count). The lowest BCUT2D eigenvalue weighted by Gasteiger charge is -2.32. The highest BCUT2D eigenvalue weighted by Gasteiger charge is 2.19. The van der Waals surface area contributed by atoms with Gasteiger partial charge in [0.2, 0.25) is 5.95 Å². The van der Waals surface area contributed by atoms with Gasteiger partial charge in [0, 0.05) is 31.4 Å². The van der Waals surface area contributed by atoms with Gasteiger partial charge in [0.05, 0.1) is 12.7 Å². The van der Waals surface area contributed by atoms with Gasteiger partial charge in [-0.25, -0.2) is 4.98 Å². The van der Waals surface area contributed by atoms with Crippen molar-refractivity contribution in [1.82, 2.24) is 9.97 Å². The molecule has 5 heteroatoms. The van der Waals surface area contributed by atoms with Crippen LogP contribution in [-0.2, 0) is 4.74 Å². The van der Waals surface area contributed by atoms with Gasteiger partial charge in [-0.15, -0.1) is 0 Å². The molecule has 1 atom stereocenters. The smallest absolute Gasteiger partial charge is 0.224 e. The third kappa shape index (κ3) is 2.85. The molecule has 5 nitrogen and oxygen atoms in total. The van der Waals surface area contributed by atoms with Crippen LogP contribution in [0.2, 0.25) is 0 Å². The predicted molar refractivity (Wildman–Crippen MR) is 68.6 cm³/mol. The third-order valence-electron chi connectivity index (χ3n) is 2.82. The molecule has 1 N–H and O–H groups in total. The highest BCUT2D eigenvalue weighted by atomic mass is 16.5. The molecule has 1 aromatic heterocycles. The van der Waals surface area contributed by atoms with E-state index in [-0.39, 0.29) is 6.10 Å². The Hall–Kier alpha value is -1.36. The lowest BCUT2D eigenvalue weighted by atomic mass is 10.2. The van der Waals surface area contributed by atoms with Crippen LogP contribution < -0.4 is 10.2 Å². The maximum atomic E-state index is 5.55. The Morgan fingerprint density at radius 1 is 1.59 bits per heavy atom. The summed E-state index contributed by atoms with van der Waals surface area (Å²) in [6.07, 6.45) is 2.14. The molecule has 0 saturated carbocycles. The maximum absolute atomic E-state index is 5.55. The minimum absolute atomic E-state index is 0.265. The van der Waals surface area contributed by atoms with Gasteiger partial charge in [-0.1, -0.05) is 0 Å². The molecule has 17 heavy (non-hydrogen) atoms. The fourth-order valence-corrected chi connectivity index (χ4v) is 2.01. The van der Waals surface area contributed by atoms with Crippen LogP contribution >= 0.6 is 0 Å². The zero-order valence-corrected chi connectivity index (χ0v) is 10.7. The average Bonchev–Trinajstić information content (AvgIpc) is 2.32. The van der Waals surface area contributed by atoms with E-state index in [0.29, 0.717) is 5.95 Å². The molecule has 1 fully saturated rings. The van der Waals surface area contributed by atoms with Crippen LogP contribution in [0.4, 0.5) is 11.8 Å². The largest absolute Gasteiger partial charge is 0.375 e. The van der Waals surface area contributed by atoms with Crippen LogP contribution in [0.1, 0.15) is 19.4 Å². The van der Waals surface area contributed by atoms with Crippen LogP contribution in [0.25, 0.3) is 0 Å². The molecule has 1 aromatic rings. The number of ether oxygens (including phenoxy) is 1. The number of anilines is 2. The van der Waals surface area contributed by atoms with Crippen molar-refractivity contribution in [2.75, 3.05) is 36.5 Å². The first-order chi connectivity index (χ1) is 8.20. The number of aromatic nitrogens is 2. The second-order valence-electron chi connectivity index (χ2n) is 4.36. The Labute approximate surface area is 102 Å². The van der Waals surface area contributed by atoms with Crippen LogP contribution in [0.5, 0.6) is 0 Å². The van der Waals surface area contributed by atoms with Crippen molar-refractivity contribution in [2.45, 2.75) is 26.9 Å². The van der Waals surface area contributed by atoms with Crippen LogP contribution in [0.3, 0.4) is 0 Å². The molecule has 1 aliphatic heterocycles. The Kier molecular flexibility index (Phi) is 3.78. The van der Waals surface area contributed by atoms with E-state index in [1.54, 1.807) is 0 Å². The van der Waals surface area contributed by atoms with E-state index in [4.69, 9.17) is 4.74 Å². The highest BCUT2D eigenvalue weighted by Crippen LogP contribution is 2.20. The van der Waals surface area contributed by atoms with Crippen molar-refractivity contribution in [2.24, 2.45) is 0 Å². The summed E-state index contributed by atoms with van der Waals surface area (Å²) in [7, 11) is 0. The van der Waals surface area contributed by atoms with Crippen LogP contribution in [0.15, 0.2) is 6.20 Å². The Morgan fingerprint density at radius 3 is 3.12 bits per heavy atom. The maximum Gasteiger partial charge on any atom is 0.224 e. The standard InChI is InChI=1S/C12H20N4O/c1-4-13-12-14-7-9(2)11(15-12)16-5-6-17-10(3)8-16/h7,10H,4-6,8H2,1-3H3,(H,13,14,15). The molecular formula is C12H20N4O. The first-order valence-electron chi connectivity index (χ1n) is 6.14. The number of rotatable bonds is 3. The van der Waals surface area contributed by atoms with E-state index in [0.717, 1.165) is 37.6 Å². The summed E-state index contributed by atoms with van der Waals surface area (Å²) < 4.78 is 5.55. The van der Waals surface area contributed by atoms with Crippen molar-refractivity contribution in [1.29, 1.82) is 0 Å². The lowest BCUT2D eigenvalue weighted by molar-refractivity contribution is 0.0529. The second-order valence-corrected chi connectivity index (χ2v) is 4.36. The fourth-order valence-electron chi connectivity index (χ4n) is 2.01. The molecule has 0 aromatic carbocycles. The summed E-state index contributed by atoms with van der Waals surface area (Å²) >= 11 is 0. The first-order valence-corrected chi connectivity index (χ1v) is 6.14. The van der Waals surface area contributed by atoms with Crippen molar-refractivity contribution in [3.05, 3.63) is 11.8 Å². The number of aryl methyl sites for hydroxylation is 1. The first kappa shape index (κ1) is 12.1. The minimum atomic E-state index is 0.265. The van der Waals surface area contributed by atoms with Gasteiger partial charge in [-0.3, -0.25) is 0 Å². The predicted octanol–water partition coefficient (Wildman–Crippen LogP) is 1.44. The fraction of sp³-hybridized carbons (Fsp3) is 0.667. The van der Waals surface area contributed by atoms with Crippen molar-refractivity contribution >= 4 is 11.8 Å². The topological polar surface area (TPSA) is 50.3 Å². The zero-order chi connectivity index (χ0) is 12.3. The quantitative estimate of drug-likeness (QED) is 0.860. The lowest BCUT2D eigenvalue weighted by Crippen LogP contribution is -2.42. The Morgan fingerprint density at radius 2 is 2.41 bits per heavy atom. The third-order valence-corrected chi connectivity index (χ3v) is 2.82. The summed E-state index contributed by atoms with van der Waals surface area (Å²) in [5.74, 6) is 1.72. The van der Waals surface area contributed by atoms with E-state index in [1.807, 2.05) is 20.0 Å². The van der Waals surface area contributed by atoms with Gasteiger partial charge >= 0.3 is 0 Å². The average molecular weight is 236 g/mol. The molecule has 1 unspecified atom stereocenters. The number of nitrogens with one attached hydrogen (secondary N) is 1. The van der Waals surface area contributed by atoms with Crippen LogP contribution in [0, 0.1) is 6.92 Å². The number of hydrogen-bond donors (Lipinski definition) is 1. The van der Waals surface area contributed by atoms with Gasteiger partial charge < -0.3 is 15.0 Å². The summed E-state index contributed by atoms with van der Waals surface area (Å²) in [6.45, 7) is 9.57. The van der Waals surface area contributed by atoms with E-state index in [1.165, 1.54) is 0 Å². The molecule has 2 heterocycles. The molecule has 0 aliphatic carbocycles. The normalized spacial score (nSPS) is 20.4. The number of hydrogen-bond acceptors (Lipinski definition) is 5. The Balaban J connectivity index is 2.20. The van der Waals surface area contributed by atoms with Gasteiger partial charge in [0.25, 0.3) is 0 Å². The SMILES string of the molecule is CCNc1ncc(C)c(N2CCOC(C)C2)n1.